The van der Waals surface area contributed by atoms with Gasteiger partial charge in [-0.3, -0.25) is 19.1 Å². The van der Waals surface area contributed by atoms with Gasteiger partial charge in [0.15, 0.2) is 11.3 Å². The van der Waals surface area contributed by atoms with Crippen LogP contribution >= 0.6 is 0 Å². The van der Waals surface area contributed by atoms with Gasteiger partial charge in [-0.1, -0.05) is 54.8 Å². The van der Waals surface area contributed by atoms with Crippen molar-refractivity contribution in [2.45, 2.75) is 94.1 Å². The molecular weight excluding hydrogens is 697 g/mol. The summed E-state index contributed by atoms with van der Waals surface area (Å²) < 4.78 is 46.3. The molecule has 8 rings (SSSR count). The molecule has 2 aliphatic heterocycles. The van der Waals surface area contributed by atoms with E-state index in [1.54, 1.807) is 12.0 Å². The first-order chi connectivity index (χ1) is 25.5. The smallest absolute Gasteiger partial charge is 0.259 e. The number of aryl methyl sites for hydroxylation is 1. The van der Waals surface area contributed by atoms with Gasteiger partial charge in [-0.2, -0.15) is 0 Å². The molecule has 1 saturated heterocycles. The van der Waals surface area contributed by atoms with E-state index in [0.29, 0.717) is 53.1 Å². The number of hydrogen-bond donors (Lipinski definition) is 2. The minimum absolute atomic E-state index is 0.146. The molecule has 2 aromatic heterocycles. The minimum Gasteiger partial charge on any atom is -0.497 e. The van der Waals surface area contributed by atoms with Gasteiger partial charge >= 0.3 is 0 Å². The van der Waals surface area contributed by atoms with Crippen LogP contribution in [0.1, 0.15) is 69.8 Å². The highest BCUT2D eigenvalue weighted by Gasteiger charge is 2.62. The number of sulfonamides is 1. The summed E-state index contributed by atoms with van der Waals surface area (Å²) in [5.74, 6) is -0.687. The molecule has 4 aliphatic rings. The molecule has 2 N–H and O–H groups in total. The van der Waals surface area contributed by atoms with Crippen molar-refractivity contribution in [2.24, 2.45) is 5.92 Å². The van der Waals surface area contributed by atoms with Gasteiger partial charge in [0.2, 0.25) is 21.8 Å². The van der Waals surface area contributed by atoms with E-state index < -0.39 is 44.8 Å². The number of amides is 3. The molecule has 13 heteroatoms. The number of nitrogens with zero attached hydrogens (tertiary/aromatic N) is 2. The fourth-order valence-corrected chi connectivity index (χ4v) is 8.98. The van der Waals surface area contributed by atoms with Crippen LogP contribution in [-0.2, 0) is 24.4 Å². The second kappa shape index (κ2) is 13.8. The third kappa shape index (κ3) is 6.98. The molecule has 278 valence electrons. The molecule has 2 aliphatic carbocycles. The number of hydrogen-bond acceptors (Lipinski definition) is 9. The SMILES string of the molecule is COc1ccc2oc3c(O[C@@H]4C[C@H]5C(=O)N[C@]6(C(=O)NS(=O)(=O)C7CC7)C[C@H]6/C=C\CCCCCCC(=O)N5C4)cc(-c4ccc(C)cc4)nc3c2c1. The zero-order valence-corrected chi connectivity index (χ0v) is 30.7. The van der Waals surface area contributed by atoms with Crippen molar-refractivity contribution >= 4 is 49.8 Å². The third-order valence-corrected chi connectivity index (χ3v) is 12.8. The summed E-state index contributed by atoms with van der Waals surface area (Å²) in [4.78, 5) is 48.2. The van der Waals surface area contributed by atoms with Crippen LogP contribution in [0.4, 0.5) is 0 Å². The highest BCUT2D eigenvalue weighted by molar-refractivity contribution is 7.91. The van der Waals surface area contributed by atoms with Crippen molar-refractivity contribution in [3.8, 4) is 22.8 Å². The Bertz CT molecular complexity index is 2230. The lowest BCUT2D eigenvalue weighted by molar-refractivity contribution is -0.139. The van der Waals surface area contributed by atoms with Crippen molar-refractivity contribution in [3.63, 3.8) is 0 Å². The molecule has 4 aromatic rings. The molecule has 2 saturated carbocycles. The first-order valence-electron chi connectivity index (χ1n) is 18.5. The summed E-state index contributed by atoms with van der Waals surface area (Å²) in [5, 5.41) is 3.10. The molecule has 4 atom stereocenters. The van der Waals surface area contributed by atoms with Crippen LogP contribution in [-0.4, -0.2) is 72.6 Å². The van der Waals surface area contributed by atoms with Crippen LogP contribution < -0.4 is 19.5 Å². The van der Waals surface area contributed by atoms with E-state index in [1.165, 1.54) is 0 Å². The van der Waals surface area contributed by atoms with Gasteiger partial charge in [0.05, 0.1) is 30.0 Å². The Labute approximate surface area is 308 Å². The minimum atomic E-state index is -3.84. The summed E-state index contributed by atoms with van der Waals surface area (Å²) in [6, 6.07) is 14.4. The van der Waals surface area contributed by atoms with Crippen LogP contribution in [0.15, 0.2) is 65.1 Å². The van der Waals surface area contributed by atoms with Gasteiger partial charge in [0, 0.05) is 30.4 Å². The van der Waals surface area contributed by atoms with Crippen molar-refractivity contribution in [1.82, 2.24) is 19.9 Å². The van der Waals surface area contributed by atoms with Crippen LogP contribution in [0.5, 0.6) is 11.5 Å². The molecule has 12 nitrogen and oxygen atoms in total. The molecule has 0 radical (unpaired) electrons. The van der Waals surface area contributed by atoms with Gasteiger partial charge in [-0.05, 0) is 63.6 Å². The average molecular weight is 741 g/mol. The van der Waals surface area contributed by atoms with Crippen molar-refractivity contribution in [1.29, 1.82) is 0 Å². The lowest BCUT2D eigenvalue weighted by Crippen LogP contribution is -2.56. The quantitative estimate of drug-likeness (QED) is 0.227. The lowest BCUT2D eigenvalue weighted by atomic mass is 10.1. The fourth-order valence-electron chi connectivity index (χ4n) is 7.62. The van der Waals surface area contributed by atoms with Crippen molar-refractivity contribution in [3.05, 3.63) is 66.2 Å². The van der Waals surface area contributed by atoms with Crippen molar-refractivity contribution < 1.29 is 36.7 Å². The normalized spacial score (nSPS) is 25.8. The zero-order chi connectivity index (χ0) is 36.9. The van der Waals surface area contributed by atoms with E-state index in [-0.39, 0.29) is 37.6 Å². The highest BCUT2D eigenvalue weighted by Crippen LogP contribution is 2.46. The Kier molecular flexibility index (Phi) is 9.16. The summed E-state index contributed by atoms with van der Waals surface area (Å²) in [6.07, 6.45) is 9.31. The molecular formula is C40H44N4O8S. The number of carbonyl (C=O) groups is 3. The summed E-state index contributed by atoms with van der Waals surface area (Å²) in [5.41, 5.74) is 2.88. The number of allylic oxidation sites excluding steroid dienone is 1. The van der Waals surface area contributed by atoms with Gasteiger partial charge in [-0.15, -0.1) is 0 Å². The van der Waals surface area contributed by atoms with Gasteiger partial charge < -0.3 is 24.1 Å². The number of aromatic nitrogens is 1. The number of furan rings is 1. The number of ether oxygens (including phenoxy) is 2. The Balaban J connectivity index is 1.12. The molecule has 2 aromatic carbocycles. The fraction of sp³-hybridized carbons (Fsp3) is 0.450. The summed E-state index contributed by atoms with van der Waals surface area (Å²) >= 11 is 0. The zero-order valence-electron chi connectivity index (χ0n) is 29.9. The number of rotatable bonds is 7. The van der Waals surface area contributed by atoms with Gasteiger partial charge in [-0.25, -0.2) is 13.4 Å². The predicted molar refractivity (Wildman–Crippen MR) is 199 cm³/mol. The maximum absolute atomic E-state index is 14.2. The maximum Gasteiger partial charge on any atom is 0.259 e. The average Bonchev–Trinajstić information content (AvgIpc) is 4.04. The Hall–Kier alpha value is -4.91. The van der Waals surface area contributed by atoms with E-state index in [0.717, 1.165) is 42.2 Å². The monoisotopic (exact) mass is 740 g/mol. The van der Waals surface area contributed by atoms with Crippen LogP contribution in [0.2, 0.25) is 0 Å². The van der Waals surface area contributed by atoms with E-state index >= 15 is 0 Å². The van der Waals surface area contributed by atoms with Crippen molar-refractivity contribution in [2.75, 3.05) is 13.7 Å². The molecule has 0 bridgehead atoms. The molecule has 0 unspecified atom stereocenters. The summed E-state index contributed by atoms with van der Waals surface area (Å²) in [6.45, 7) is 2.16. The molecule has 3 amide bonds. The Morgan fingerprint density at radius 2 is 1.85 bits per heavy atom. The first kappa shape index (κ1) is 35.1. The molecule has 3 fully saturated rings. The molecule has 0 spiro atoms. The third-order valence-electron chi connectivity index (χ3n) is 11.0. The second-order valence-electron chi connectivity index (χ2n) is 14.9. The lowest BCUT2D eigenvalue weighted by Gasteiger charge is -2.26. The Morgan fingerprint density at radius 1 is 1.06 bits per heavy atom. The highest BCUT2D eigenvalue weighted by atomic mass is 32.2. The number of carbonyl (C=O) groups excluding carboxylic acids is 3. The Morgan fingerprint density at radius 3 is 2.62 bits per heavy atom. The van der Waals surface area contributed by atoms with Gasteiger partial charge in [0.1, 0.15) is 34.5 Å². The topological polar surface area (TPSA) is 157 Å². The standard InChI is InChI=1S/C40H44N4O8S/c1-24-11-13-25(14-12-24)31-21-34(37-36(41-31)30-19-27(50-2)15-18-33(30)52-37)51-28-20-32-38(46)42-40(39(47)43-53(48,49)29-16-17-29)22-26(40)9-7-5-3-4-6-8-10-35(45)44(32)23-28/h7,9,11-15,18-19,21,26,28-29,32H,3-6,8,10,16-17,20,22-23H2,1-2H3,(H,42,46)(H,43,47)/b9-7-/t26-,28-,32+,40-/m1/s1. The van der Waals surface area contributed by atoms with Crippen LogP contribution in [0.25, 0.3) is 33.3 Å². The largest absolute Gasteiger partial charge is 0.497 e. The van der Waals surface area contributed by atoms with Crippen LogP contribution in [0, 0.1) is 12.8 Å². The predicted octanol–water partition coefficient (Wildman–Crippen LogP) is 5.71. The molecule has 53 heavy (non-hydrogen) atoms. The number of methoxy groups -OCH3 is 1. The number of pyridine rings is 1. The van der Waals surface area contributed by atoms with E-state index in [9.17, 15) is 22.8 Å². The van der Waals surface area contributed by atoms with E-state index in [1.807, 2.05) is 67.6 Å². The summed E-state index contributed by atoms with van der Waals surface area (Å²) in [7, 11) is -2.24. The van der Waals surface area contributed by atoms with E-state index in [4.69, 9.17) is 18.9 Å². The molecule has 4 heterocycles. The number of fused-ring (bicyclic) bond motifs is 5. The van der Waals surface area contributed by atoms with Gasteiger partial charge in [0.25, 0.3) is 5.91 Å². The maximum atomic E-state index is 14.2. The first-order valence-corrected chi connectivity index (χ1v) is 20.1. The second-order valence-corrected chi connectivity index (χ2v) is 16.8. The number of nitrogens with one attached hydrogen (secondary N) is 2. The van der Waals surface area contributed by atoms with E-state index in [2.05, 4.69) is 10.0 Å². The van der Waals surface area contributed by atoms with Crippen LogP contribution in [0.3, 0.4) is 0 Å². The number of benzene rings is 2.